The maximum absolute atomic E-state index is 10.9. The smallest absolute Gasteiger partial charge is 0.268 e. The van der Waals surface area contributed by atoms with Crippen molar-refractivity contribution in [2.45, 2.75) is 6.92 Å². The lowest BCUT2D eigenvalue weighted by molar-refractivity contribution is 0.345. The Morgan fingerprint density at radius 1 is 1.33 bits per heavy atom. The Balaban J connectivity index is 2.32. The summed E-state index contributed by atoms with van der Waals surface area (Å²) in [6, 6.07) is 9.76. The van der Waals surface area contributed by atoms with Gasteiger partial charge in [-0.2, -0.15) is 13.7 Å². The third kappa shape index (κ3) is 3.97. The van der Waals surface area contributed by atoms with Crippen molar-refractivity contribution < 1.29 is 12.7 Å². The van der Waals surface area contributed by atoms with Crippen LogP contribution in [0.2, 0.25) is 0 Å². The first-order valence-corrected chi connectivity index (χ1v) is 8.57. The monoisotopic (exact) mass is 320 g/mol. The van der Waals surface area contributed by atoms with Crippen LogP contribution in [0.1, 0.15) is 11.1 Å². The van der Waals surface area contributed by atoms with Gasteiger partial charge in [-0.25, -0.2) is 0 Å². The molecule has 0 spiro atoms. The summed E-state index contributed by atoms with van der Waals surface area (Å²) in [5.74, 6) is 0. The fourth-order valence-corrected chi connectivity index (χ4v) is 2.81. The molecule has 1 aromatic carbocycles. The molecule has 0 aromatic heterocycles. The molecular formula is C14H12N2O3S2. The van der Waals surface area contributed by atoms with Gasteiger partial charge in [0.05, 0.1) is 11.8 Å². The van der Waals surface area contributed by atoms with Gasteiger partial charge >= 0.3 is 10.1 Å². The van der Waals surface area contributed by atoms with E-state index in [4.69, 9.17) is 0 Å². The summed E-state index contributed by atoms with van der Waals surface area (Å²) in [6.45, 7) is 1.93. The molecule has 0 atom stereocenters. The first-order valence-electron chi connectivity index (χ1n) is 5.93. The van der Waals surface area contributed by atoms with Crippen LogP contribution >= 0.6 is 11.8 Å². The third-order valence-electron chi connectivity index (χ3n) is 2.63. The van der Waals surface area contributed by atoms with Crippen LogP contribution in [0, 0.1) is 18.3 Å². The number of nitrogens with zero attached hydrogens (tertiary/aromatic N) is 2. The second kappa shape index (κ2) is 6.16. The summed E-state index contributed by atoms with van der Waals surface area (Å²) in [6.07, 6.45) is 4.26. The molecule has 21 heavy (non-hydrogen) atoms. The van der Waals surface area contributed by atoms with E-state index in [0.717, 1.165) is 17.4 Å². The number of hydrogen-bond acceptors (Lipinski definition) is 6. The second-order valence-corrected chi connectivity index (χ2v) is 6.93. The average molecular weight is 320 g/mol. The highest BCUT2D eigenvalue weighted by Gasteiger charge is 2.17. The summed E-state index contributed by atoms with van der Waals surface area (Å²) >= 11 is 1.19. The predicted molar refractivity (Wildman–Crippen MR) is 83.8 cm³/mol. The van der Waals surface area contributed by atoms with Gasteiger partial charge in [-0.1, -0.05) is 41.2 Å². The number of rotatable bonds is 3. The molecule has 7 heteroatoms. The van der Waals surface area contributed by atoms with Crippen LogP contribution in [0.4, 0.5) is 0 Å². The zero-order valence-electron chi connectivity index (χ0n) is 11.4. The quantitative estimate of drug-likeness (QED) is 0.632. The zero-order valence-corrected chi connectivity index (χ0v) is 13.0. The Morgan fingerprint density at radius 3 is 2.67 bits per heavy atom. The molecule has 0 amide bonds. The van der Waals surface area contributed by atoms with Crippen molar-refractivity contribution in [2.24, 2.45) is 5.16 Å². The van der Waals surface area contributed by atoms with Crippen molar-refractivity contribution >= 4 is 32.5 Å². The molecule has 1 aromatic rings. The normalized spacial score (nSPS) is 18.6. The summed E-state index contributed by atoms with van der Waals surface area (Å²) in [4.78, 5) is 0.711. The van der Waals surface area contributed by atoms with Crippen LogP contribution < -0.4 is 0 Å². The maximum Gasteiger partial charge on any atom is 0.325 e. The molecule has 0 bridgehead atoms. The minimum absolute atomic E-state index is 0.386. The highest BCUT2D eigenvalue weighted by atomic mass is 32.2. The first-order chi connectivity index (χ1) is 9.90. The minimum Gasteiger partial charge on any atom is -0.268 e. The van der Waals surface area contributed by atoms with Gasteiger partial charge in [-0.05, 0) is 30.2 Å². The molecule has 0 N–H and O–H groups in total. The number of allylic oxidation sites excluding steroid dienone is 2. The van der Waals surface area contributed by atoms with Crippen LogP contribution in [0.15, 0.2) is 46.5 Å². The highest BCUT2D eigenvalue weighted by Crippen LogP contribution is 2.34. The van der Waals surface area contributed by atoms with Gasteiger partial charge in [-0.15, -0.1) is 0 Å². The molecule has 1 aliphatic heterocycles. The Bertz CT molecular complexity index is 800. The SMILES string of the molecule is Cc1ccccc1/C(C#N)=C1C=C/C(=N/OS(C)(=O)=O)S\1. The molecule has 1 aliphatic rings. The molecule has 5 nitrogen and oxygen atoms in total. The molecule has 0 saturated carbocycles. The van der Waals surface area contributed by atoms with E-state index in [9.17, 15) is 13.7 Å². The van der Waals surface area contributed by atoms with Gasteiger partial charge < -0.3 is 0 Å². The minimum atomic E-state index is -3.63. The molecule has 108 valence electrons. The lowest BCUT2D eigenvalue weighted by Crippen LogP contribution is -1.98. The maximum atomic E-state index is 10.9. The van der Waals surface area contributed by atoms with E-state index in [0.29, 0.717) is 15.5 Å². The Hall–Kier alpha value is -2.04. The van der Waals surface area contributed by atoms with Crippen molar-refractivity contribution in [1.82, 2.24) is 0 Å². The molecule has 0 unspecified atom stereocenters. The van der Waals surface area contributed by atoms with E-state index < -0.39 is 10.1 Å². The number of hydrogen-bond donors (Lipinski definition) is 0. The number of benzene rings is 1. The molecule has 0 fully saturated rings. The largest absolute Gasteiger partial charge is 0.325 e. The standard InChI is InChI=1S/C14H12N2O3S2/c1-10-5-3-4-6-11(10)12(9-15)13-7-8-14(20-13)16-19-21(2,17)18/h3-8H,1-2H3/b13-12+,16-14-. The van der Waals surface area contributed by atoms with Crippen molar-refractivity contribution in [3.8, 4) is 6.07 Å². The Kier molecular flexibility index (Phi) is 4.50. The van der Waals surface area contributed by atoms with E-state index in [2.05, 4.69) is 15.5 Å². The first kappa shape index (κ1) is 15.4. The van der Waals surface area contributed by atoms with E-state index in [1.54, 1.807) is 12.2 Å². The molecule has 2 rings (SSSR count). The number of oxime groups is 1. The summed E-state index contributed by atoms with van der Waals surface area (Å²) < 4.78 is 26.2. The van der Waals surface area contributed by atoms with E-state index in [1.807, 2.05) is 31.2 Å². The van der Waals surface area contributed by atoms with Crippen LogP contribution in [-0.2, 0) is 14.4 Å². The zero-order chi connectivity index (χ0) is 15.5. The van der Waals surface area contributed by atoms with Crippen LogP contribution in [-0.4, -0.2) is 19.7 Å². The van der Waals surface area contributed by atoms with E-state index in [1.165, 1.54) is 11.8 Å². The van der Waals surface area contributed by atoms with Gasteiger partial charge in [0.1, 0.15) is 11.1 Å². The molecule has 1 heterocycles. The van der Waals surface area contributed by atoms with Gasteiger partial charge in [0.25, 0.3) is 0 Å². The number of thioether (sulfide) groups is 1. The van der Waals surface area contributed by atoms with Crippen molar-refractivity contribution in [2.75, 3.05) is 6.26 Å². The predicted octanol–water partition coefficient (Wildman–Crippen LogP) is 2.82. The van der Waals surface area contributed by atoms with Gasteiger partial charge in [0.2, 0.25) is 0 Å². The summed E-state index contributed by atoms with van der Waals surface area (Å²) in [5, 5.41) is 13.3. The molecule has 0 radical (unpaired) electrons. The highest BCUT2D eigenvalue weighted by molar-refractivity contribution is 8.18. The van der Waals surface area contributed by atoms with Crippen LogP contribution in [0.3, 0.4) is 0 Å². The lowest BCUT2D eigenvalue weighted by Gasteiger charge is -2.05. The number of nitriles is 1. The third-order valence-corrected chi connectivity index (χ3v) is 3.95. The van der Waals surface area contributed by atoms with Gasteiger partial charge in [-0.3, -0.25) is 4.28 Å². The Morgan fingerprint density at radius 2 is 2.05 bits per heavy atom. The lowest BCUT2D eigenvalue weighted by atomic mass is 10.0. The molecular weight excluding hydrogens is 308 g/mol. The van der Waals surface area contributed by atoms with Crippen LogP contribution in [0.5, 0.6) is 0 Å². The van der Waals surface area contributed by atoms with Gasteiger partial charge in [0, 0.05) is 4.91 Å². The Labute approximate surface area is 127 Å². The number of aryl methyl sites for hydroxylation is 1. The van der Waals surface area contributed by atoms with Crippen molar-refractivity contribution in [1.29, 1.82) is 5.26 Å². The fraction of sp³-hybridized carbons (Fsp3) is 0.143. The fourth-order valence-electron chi connectivity index (χ4n) is 1.72. The molecule has 0 aliphatic carbocycles. The van der Waals surface area contributed by atoms with Crippen molar-refractivity contribution in [3.05, 3.63) is 52.4 Å². The second-order valence-electron chi connectivity index (χ2n) is 4.31. The topological polar surface area (TPSA) is 79.5 Å². The molecule has 0 saturated heterocycles. The van der Waals surface area contributed by atoms with E-state index >= 15 is 0 Å². The summed E-state index contributed by atoms with van der Waals surface area (Å²) in [5.41, 5.74) is 2.37. The van der Waals surface area contributed by atoms with Crippen LogP contribution in [0.25, 0.3) is 5.57 Å². The van der Waals surface area contributed by atoms with E-state index in [-0.39, 0.29) is 0 Å². The summed E-state index contributed by atoms with van der Waals surface area (Å²) in [7, 11) is -3.63. The van der Waals surface area contributed by atoms with Crippen molar-refractivity contribution in [3.63, 3.8) is 0 Å². The van der Waals surface area contributed by atoms with Gasteiger partial charge in [0.15, 0.2) is 0 Å². The average Bonchev–Trinajstić information content (AvgIpc) is 2.87.